The SMILES string of the molecule is CC(=O)N(C)C1=C(/C=C/C(C)=C/C=C/C(C)=C/C(=O)O)C(C)(C)CCC1. The van der Waals surface area contributed by atoms with Gasteiger partial charge in [0.1, 0.15) is 0 Å². The van der Waals surface area contributed by atoms with Crippen molar-refractivity contribution in [2.75, 3.05) is 7.05 Å². The van der Waals surface area contributed by atoms with Crippen LogP contribution in [0, 0.1) is 5.41 Å². The molecule has 142 valence electrons. The molecule has 4 heteroatoms. The van der Waals surface area contributed by atoms with Crippen LogP contribution in [0.4, 0.5) is 0 Å². The molecule has 0 aromatic rings. The van der Waals surface area contributed by atoms with Crippen LogP contribution < -0.4 is 0 Å². The fraction of sp³-hybridized carbons (Fsp3) is 0.455. The summed E-state index contributed by atoms with van der Waals surface area (Å²) in [5.41, 5.74) is 4.09. The van der Waals surface area contributed by atoms with Crippen molar-refractivity contribution >= 4 is 11.9 Å². The smallest absolute Gasteiger partial charge is 0.328 e. The van der Waals surface area contributed by atoms with Crippen LogP contribution in [0.3, 0.4) is 0 Å². The van der Waals surface area contributed by atoms with Crippen LogP contribution in [0.5, 0.6) is 0 Å². The van der Waals surface area contributed by atoms with Crippen molar-refractivity contribution in [1.29, 1.82) is 0 Å². The zero-order chi connectivity index (χ0) is 19.9. The van der Waals surface area contributed by atoms with Gasteiger partial charge in [-0.3, -0.25) is 4.79 Å². The van der Waals surface area contributed by atoms with Crippen LogP contribution in [0.15, 0.2) is 58.9 Å². The first kappa shape index (κ1) is 21.7. The Hall–Kier alpha value is -2.36. The molecule has 0 unspecified atom stereocenters. The molecule has 0 aromatic carbocycles. The highest BCUT2D eigenvalue weighted by Gasteiger charge is 2.30. The van der Waals surface area contributed by atoms with Crippen molar-refractivity contribution in [3.05, 3.63) is 58.9 Å². The Morgan fingerprint density at radius 3 is 2.35 bits per heavy atom. The summed E-state index contributed by atoms with van der Waals surface area (Å²) in [6.45, 7) is 9.79. The summed E-state index contributed by atoms with van der Waals surface area (Å²) in [5.74, 6) is -0.888. The summed E-state index contributed by atoms with van der Waals surface area (Å²) in [6.07, 6.45) is 14.0. The lowest BCUT2D eigenvalue weighted by Gasteiger charge is -2.36. The molecule has 0 aromatic heterocycles. The quantitative estimate of drug-likeness (QED) is 0.536. The van der Waals surface area contributed by atoms with Gasteiger partial charge >= 0.3 is 5.97 Å². The number of nitrogens with zero attached hydrogens (tertiary/aromatic N) is 1. The Kier molecular flexibility index (Phi) is 7.81. The van der Waals surface area contributed by atoms with Crippen LogP contribution in [0.25, 0.3) is 0 Å². The van der Waals surface area contributed by atoms with Gasteiger partial charge in [-0.1, -0.05) is 49.8 Å². The zero-order valence-corrected chi connectivity index (χ0v) is 16.8. The Bertz CT molecular complexity index is 703. The number of carbonyl (C=O) groups is 2. The summed E-state index contributed by atoms with van der Waals surface area (Å²) in [6, 6.07) is 0. The topological polar surface area (TPSA) is 57.6 Å². The van der Waals surface area contributed by atoms with Crippen LogP contribution in [-0.2, 0) is 9.59 Å². The third-order valence-corrected chi connectivity index (χ3v) is 4.71. The molecule has 0 bridgehead atoms. The summed E-state index contributed by atoms with van der Waals surface area (Å²) in [5, 5.41) is 8.71. The molecule has 26 heavy (non-hydrogen) atoms. The Morgan fingerprint density at radius 2 is 1.77 bits per heavy atom. The number of allylic oxidation sites excluding steroid dienone is 9. The van der Waals surface area contributed by atoms with Gasteiger partial charge in [-0.15, -0.1) is 0 Å². The van der Waals surface area contributed by atoms with E-state index in [-0.39, 0.29) is 11.3 Å². The number of hydrogen-bond acceptors (Lipinski definition) is 2. The van der Waals surface area contributed by atoms with Gasteiger partial charge in [-0.2, -0.15) is 0 Å². The van der Waals surface area contributed by atoms with Crippen LogP contribution in [0.2, 0.25) is 0 Å². The molecular weight excluding hydrogens is 326 g/mol. The van der Waals surface area contributed by atoms with Crippen molar-refractivity contribution in [2.24, 2.45) is 5.41 Å². The second-order valence-electron chi connectivity index (χ2n) is 7.51. The Labute approximate surface area is 157 Å². The molecule has 0 saturated heterocycles. The van der Waals surface area contributed by atoms with Crippen molar-refractivity contribution in [1.82, 2.24) is 4.90 Å². The van der Waals surface area contributed by atoms with Crippen LogP contribution in [-0.4, -0.2) is 28.9 Å². The Balaban J connectivity index is 3.06. The number of aliphatic carboxylic acids is 1. The predicted molar refractivity (Wildman–Crippen MR) is 107 cm³/mol. The molecule has 0 spiro atoms. The second-order valence-corrected chi connectivity index (χ2v) is 7.51. The molecule has 1 aliphatic rings. The molecule has 0 fully saturated rings. The number of carboxylic acid groups (broad SMARTS) is 1. The number of hydrogen-bond donors (Lipinski definition) is 1. The third-order valence-electron chi connectivity index (χ3n) is 4.71. The van der Waals surface area contributed by atoms with E-state index in [4.69, 9.17) is 5.11 Å². The minimum absolute atomic E-state index is 0.0325. The maximum absolute atomic E-state index is 11.8. The maximum Gasteiger partial charge on any atom is 0.328 e. The average Bonchev–Trinajstić information content (AvgIpc) is 2.51. The highest BCUT2D eigenvalue weighted by atomic mass is 16.4. The lowest BCUT2D eigenvalue weighted by atomic mass is 9.73. The first-order valence-corrected chi connectivity index (χ1v) is 8.97. The van der Waals surface area contributed by atoms with Crippen LogP contribution >= 0.6 is 0 Å². The molecular formula is C22H31NO3. The second kappa shape index (κ2) is 9.37. The van der Waals surface area contributed by atoms with Gasteiger partial charge in [0.15, 0.2) is 0 Å². The van der Waals surface area contributed by atoms with Crippen molar-refractivity contribution in [3.63, 3.8) is 0 Å². The highest BCUT2D eigenvalue weighted by Crippen LogP contribution is 2.41. The highest BCUT2D eigenvalue weighted by molar-refractivity contribution is 5.81. The fourth-order valence-electron chi connectivity index (χ4n) is 3.08. The summed E-state index contributed by atoms with van der Waals surface area (Å²) < 4.78 is 0. The van der Waals surface area contributed by atoms with Gasteiger partial charge in [-0.05, 0) is 49.7 Å². The normalized spacial score (nSPS) is 18.7. The summed E-state index contributed by atoms with van der Waals surface area (Å²) in [7, 11) is 1.84. The first-order chi connectivity index (χ1) is 12.0. The number of carbonyl (C=O) groups excluding carboxylic acids is 1. The monoisotopic (exact) mass is 357 g/mol. The fourth-order valence-corrected chi connectivity index (χ4v) is 3.08. The van der Waals surface area contributed by atoms with E-state index in [0.29, 0.717) is 5.57 Å². The lowest BCUT2D eigenvalue weighted by Crippen LogP contribution is -2.30. The van der Waals surface area contributed by atoms with Gasteiger partial charge < -0.3 is 10.0 Å². The zero-order valence-electron chi connectivity index (χ0n) is 16.8. The van der Waals surface area contributed by atoms with E-state index in [9.17, 15) is 9.59 Å². The van der Waals surface area contributed by atoms with E-state index < -0.39 is 5.97 Å². The van der Waals surface area contributed by atoms with Gasteiger partial charge in [-0.25, -0.2) is 4.79 Å². The van der Waals surface area contributed by atoms with Crippen molar-refractivity contribution in [3.8, 4) is 0 Å². The molecule has 0 heterocycles. The number of carboxylic acids is 1. The average molecular weight is 357 g/mol. The predicted octanol–water partition coefficient (Wildman–Crippen LogP) is 5.02. The van der Waals surface area contributed by atoms with E-state index in [1.165, 1.54) is 11.6 Å². The number of amides is 1. The van der Waals surface area contributed by atoms with Gasteiger partial charge in [0.2, 0.25) is 5.91 Å². The summed E-state index contributed by atoms with van der Waals surface area (Å²) >= 11 is 0. The van der Waals surface area contributed by atoms with E-state index in [1.54, 1.807) is 24.8 Å². The third kappa shape index (κ3) is 6.51. The molecule has 1 N–H and O–H groups in total. The van der Waals surface area contributed by atoms with E-state index >= 15 is 0 Å². The first-order valence-electron chi connectivity index (χ1n) is 8.97. The van der Waals surface area contributed by atoms with Gasteiger partial charge in [0, 0.05) is 25.7 Å². The number of rotatable bonds is 6. The molecule has 4 nitrogen and oxygen atoms in total. The van der Waals surface area contributed by atoms with Crippen LogP contribution in [0.1, 0.15) is 53.9 Å². The Morgan fingerprint density at radius 1 is 1.12 bits per heavy atom. The summed E-state index contributed by atoms with van der Waals surface area (Å²) in [4.78, 5) is 24.2. The van der Waals surface area contributed by atoms with E-state index in [2.05, 4.69) is 26.0 Å². The van der Waals surface area contributed by atoms with Gasteiger partial charge in [0.25, 0.3) is 0 Å². The molecule has 1 amide bonds. The van der Waals surface area contributed by atoms with Crippen molar-refractivity contribution < 1.29 is 14.7 Å². The van der Waals surface area contributed by atoms with E-state index in [1.807, 2.05) is 26.1 Å². The standard InChI is InChI=1S/C22H31NO3/c1-16(9-7-10-17(2)15-21(25)26)12-13-19-20(23(6)18(3)24)11-8-14-22(19,4)5/h7,9-10,12-13,15H,8,11,14H2,1-6H3,(H,25,26)/b10-7+,13-12+,16-9+,17-15+. The van der Waals surface area contributed by atoms with Gasteiger partial charge in [0.05, 0.1) is 0 Å². The maximum atomic E-state index is 11.8. The minimum Gasteiger partial charge on any atom is -0.478 e. The lowest BCUT2D eigenvalue weighted by molar-refractivity contribution is -0.131. The molecule has 0 atom stereocenters. The minimum atomic E-state index is -0.943. The molecule has 0 aliphatic heterocycles. The molecule has 1 rings (SSSR count). The molecule has 0 radical (unpaired) electrons. The van der Waals surface area contributed by atoms with E-state index in [0.717, 1.165) is 30.5 Å². The largest absolute Gasteiger partial charge is 0.478 e. The molecule has 0 saturated carbocycles. The van der Waals surface area contributed by atoms with Crippen molar-refractivity contribution in [2.45, 2.75) is 53.9 Å². The molecule has 1 aliphatic carbocycles.